The van der Waals surface area contributed by atoms with E-state index in [-0.39, 0.29) is 18.4 Å². The lowest BCUT2D eigenvalue weighted by Crippen LogP contribution is -2.33. The van der Waals surface area contributed by atoms with Crippen LogP contribution in [-0.2, 0) is 4.79 Å². The molecule has 3 aromatic rings. The van der Waals surface area contributed by atoms with E-state index in [1.54, 1.807) is 25.3 Å². The Morgan fingerprint density at radius 3 is 2.72 bits per heavy atom. The van der Waals surface area contributed by atoms with Crippen molar-refractivity contribution in [3.63, 3.8) is 0 Å². The highest BCUT2D eigenvalue weighted by Gasteiger charge is 2.12. The van der Waals surface area contributed by atoms with Crippen LogP contribution >= 0.6 is 0 Å². The normalized spacial score (nSPS) is 10.5. The molecule has 0 aliphatic carbocycles. The predicted molar refractivity (Wildman–Crippen MR) is 94.8 cm³/mol. The van der Waals surface area contributed by atoms with E-state index in [9.17, 15) is 9.59 Å². The van der Waals surface area contributed by atoms with Crippen LogP contribution in [0.4, 0.5) is 5.95 Å². The Morgan fingerprint density at radius 2 is 2.00 bits per heavy atom. The Morgan fingerprint density at radius 1 is 1.20 bits per heavy atom. The number of amides is 2. The number of fused-ring (bicyclic) bond motifs is 1. The third-order valence-electron chi connectivity index (χ3n) is 3.73. The molecule has 1 aromatic heterocycles. The van der Waals surface area contributed by atoms with Crippen molar-refractivity contribution in [1.29, 1.82) is 0 Å². The van der Waals surface area contributed by atoms with Crippen molar-refractivity contribution in [3.8, 4) is 5.75 Å². The number of benzene rings is 2. The Bertz CT molecular complexity index is 900. The Hall–Kier alpha value is -3.35. The molecule has 2 amide bonds. The van der Waals surface area contributed by atoms with Gasteiger partial charge in [0, 0.05) is 5.56 Å². The van der Waals surface area contributed by atoms with E-state index < -0.39 is 0 Å². The summed E-state index contributed by atoms with van der Waals surface area (Å²) in [7, 11) is 1.57. The number of aromatic amines is 1. The smallest absolute Gasteiger partial charge is 0.251 e. The van der Waals surface area contributed by atoms with Crippen LogP contribution in [0.25, 0.3) is 11.0 Å². The van der Waals surface area contributed by atoms with E-state index in [1.807, 2.05) is 31.2 Å². The maximum atomic E-state index is 12.2. The first-order chi connectivity index (χ1) is 12.1. The molecule has 0 aliphatic heterocycles. The van der Waals surface area contributed by atoms with Gasteiger partial charge in [0.1, 0.15) is 5.75 Å². The molecule has 25 heavy (non-hydrogen) atoms. The number of ether oxygens (including phenoxy) is 1. The summed E-state index contributed by atoms with van der Waals surface area (Å²) in [5.74, 6) is 0.344. The average Bonchev–Trinajstić information content (AvgIpc) is 3.01. The van der Waals surface area contributed by atoms with E-state index in [0.717, 1.165) is 16.6 Å². The highest BCUT2D eigenvalue weighted by Crippen LogP contribution is 2.16. The fourth-order valence-corrected chi connectivity index (χ4v) is 2.46. The van der Waals surface area contributed by atoms with Crippen LogP contribution in [0.5, 0.6) is 5.75 Å². The van der Waals surface area contributed by atoms with Crippen molar-refractivity contribution >= 4 is 28.8 Å². The van der Waals surface area contributed by atoms with Crippen LogP contribution in [0, 0.1) is 6.92 Å². The first-order valence-corrected chi connectivity index (χ1v) is 7.74. The van der Waals surface area contributed by atoms with Gasteiger partial charge in [-0.3, -0.25) is 14.9 Å². The van der Waals surface area contributed by atoms with Gasteiger partial charge in [-0.2, -0.15) is 0 Å². The fraction of sp³-hybridized carbons (Fsp3) is 0.167. The largest absolute Gasteiger partial charge is 0.497 e. The lowest BCUT2D eigenvalue weighted by atomic mass is 10.1. The fourth-order valence-electron chi connectivity index (χ4n) is 2.46. The number of rotatable bonds is 5. The van der Waals surface area contributed by atoms with E-state index in [4.69, 9.17) is 4.74 Å². The zero-order valence-corrected chi connectivity index (χ0v) is 13.9. The third-order valence-corrected chi connectivity index (χ3v) is 3.73. The van der Waals surface area contributed by atoms with Crippen LogP contribution < -0.4 is 15.4 Å². The van der Waals surface area contributed by atoms with Crippen LogP contribution in [0.2, 0.25) is 0 Å². The lowest BCUT2D eigenvalue weighted by molar-refractivity contribution is -0.115. The number of nitrogens with zero attached hydrogens (tertiary/aromatic N) is 1. The van der Waals surface area contributed by atoms with Crippen LogP contribution in [-0.4, -0.2) is 35.4 Å². The SMILES string of the molecule is COc1ccc(C(=O)NCC(=O)Nc2nc3ccccc3[nH]2)c(C)c1. The zero-order chi connectivity index (χ0) is 17.8. The van der Waals surface area contributed by atoms with Gasteiger partial charge in [0.25, 0.3) is 5.91 Å². The molecule has 3 rings (SSSR count). The monoisotopic (exact) mass is 338 g/mol. The topological polar surface area (TPSA) is 96.1 Å². The molecule has 128 valence electrons. The molecule has 7 nitrogen and oxygen atoms in total. The molecule has 0 saturated carbocycles. The number of H-pyrrole nitrogens is 1. The standard InChI is InChI=1S/C18H18N4O3/c1-11-9-12(25-2)7-8-13(11)17(24)19-10-16(23)22-18-20-14-5-3-4-6-15(14)21-18/h3-9H,10H2,1-2H3,(H,19,24)(H2,20,21,22,23). The van der Waals surface area contributed by atoms with Crippen molar-refractivity contribution in [3.05, 3.63) is 53.6 Å². The minimum absolute atomic E-state index is 0.151. The van der Waals surface area contributed by atoms with Crippen LogP contribution in [0.3, 0.4) is 0 Å². The predicted octanol–water partition coefficient (Wildman–Crippen LogP) is 2.25. The summed E-state index contributed by atoms with van der Waals surface area (Å²) < 4.78 is 5.11. The first kappa shape index (κ1) is 16.5. The highest BCUT2D eigenvalue weighted by molar-refractivity contribution is 6.00. The molecule has 1 heterocycles. The Balaban J connectivity index is 1.59. The number of aryl methyl sites for hydroxylation is 1. The van der Waals surface area contributed by atoms with Gasteiger partial charge in [-0.1, -0.05) is 12.1 Å². The Labute approximate surface area is 144 Å². The van der Waals surface area contributed by atoms with Gasteiger partial charge in [-0.05, 0) is 42.8 Å². The van der Waals surface area contributed by atoms with Gasteiger partial charge in [0.15, 0.2) is 0 Å². The molecule has 0 atom stereocenters. The first-order valence-electron chi connectivity index (χ1n) is 7.74. The number of hydrogen-bond donors (Lipinski definition) is 3. The van der Waals surface area contributed by atoms with Gasteiger partial charge < -0.3 is 15.0 Å². The maximum absolute atomic E-state index is 12.2. The number of carbonyl (C=O) groups is 2. The summed E-state index contributed by atoms with van der Waals surface area (Å²) >= 11 is 0. The maximum Gasteiger partial charge on any atom is 0.251 e. The van der Waals surface area contributed by atoms with Gasteiger partial charge >= 0.3 is 0 Å². The number of nitrogens with one attached hydrogen (secondary N) is 3. The zero-order valence-electron chi connectivity index (χ0n) is 13.9. The molecular formula is C18H18N4O3. The molecular weight excluding hydrogens is 320 g/mol. The van der Waals surface area contributed by atoms with Crippen LogP contribution in [0.15, 0.2) is 42.5 Å². The Kier molecular flexibility index (Phi) is 4.65. The van der Waals surface area contributed by atoms with E-state index in [0.29, 0.717) is 17.3 Å². The number of hydrogen-bond acceptors (Lipinski definition) is 4. The highest BCUT2D eigenvalue weighted by atomic mass is 16.5. The molecule has 0 spiro atoms. The molecule has 0 saturated heterocycles. The summed E-state index contributed by atoms with van der Waals surface area (Å²) in [5.41, 5.74) is 2.86. The molecule has 0 unspecified atom stereocenters. The van der Waals surface area contributed by atoms with Gasteiger partial charge in [0.05, 0.1) is 24.7 Å². The number of carbonyl (C=O) groups excluding carboxylic acids is 2. The second-order valence-electron chi connectivity index (χ2n) is 5.51. The quantitative estimate of drug-likeness (QED) is 0.665. The van der Waals surface area contributed by atoms with Crippen LogP contribution in [0.1, 0.15) is 15.9 Å². The summed E-state index contributed by atoms with van der Waals surface area (Å²) in [6.45, 7) is 1.66. The number of imidazole rings is 1. The molecule has 0 radical (unpaired) electrons. The minimum Gasteiger partial charge on any atom is -0.497 e. The van der Waals surface area contributed by atoms with E-state index in [2.05, 4.69) is 20.6 Å². The lowest BCUT2D eigenvalue weighted by Gasteiger charge is -2.09. The molecule has 0 fully saturated rings. The molecule has 0 aliphatic rings. The summed E-state index contributed by atoms with van der Waals surface area (Å²) in [4.78, 5) is 31.5. The number of anilines is 1. The van der Waals surface area contributed by atoms with Gasteiger partial charge in [0.2, 0.25) is 11.9 Å². The molecule has 2 aromatic carbocycles. The summed E-state index contributed by atoms with van der Waals surface area (Å²) in [6.07, 6.45) is 0. The van der Waals surface area contributed by atoms with Crippen molar-refractivity contribution in [2.24, 2.45) is 0 Å². The second kappa shape index (κ2) is 7.04. The van der Waals surface area contributed by atoms with Crippen molar-refractivity contribution in [2.75, 3.05) is 19.0 Å². The van der Waals surface area contributed by atoms with Crippen molar-refractivity contribution in [1.82, 2.24) is 15.3 Å². The number of para-hydroxylation sites is 2. The minimum atomic E-state index is -0.362. The van der Waals surface area contributed by atoms with Gasteiger partial charge in [-0.15, -0.1) is 0 Å². The summed E-state index contributed by atoms with van der Waals surface area (Å²) in [6, 6.07) is 12.6. The molecule has 3 N–H and O–H groups in total. The third kappa shape index (κ3) is 3.77. The number of methoxy groups -OCH3 is 1. The average molecular weight is 338 g/mol. The summed E-state index contributed by atoms with van der Waals surface area (Å²) in [5, 5.41) is 5.23. The second-order valence-corrected chi connectivity index (χ2v) is 5.51. The van der Waals surface area contributed by atoms with E-state index in [1.165, 1.54) is 0 Å². The van der Waals surface area contributed by atoms with Crippen molar-refractivity contribution in [2.45, 2.75) is 6.92 Å². The van der Waals surface area contributed by atoms with Crippen molar-refractivity contribution < 1.29 is 14.3 Å². The molecule has 7 heteroatoms. The van der Waals surface area contributed by atoms with E-state index >= 15 is 0 Å². The van der Waals surface area contributed by atoms with Gasteiger partial charge in [-0.25, -0.2) is 4.98 Å². The molecule has 0 bridgehead atoms. The number of aromatic nitrogens is 2.